The molecule has 20 heavy (non-hydrogen) atoms. The molecule has 2 N–H and O–H groups in total. The number of rotatable bonds is 2. The Morgan fingerprint density at radius 1 is 1.45 bits per heavy atom. The predicted octanol–water partition coefficient (Wildman–Crippen LogP) is 2.44. The average molecular weight is 311 g/mol. The van der Waals surface area contributed by atoms with Crippen LogP contribution in [0.15, 0.2) is 12.3 Å². The van der Waals surface area contributed by atoms with E-state index in [4.69, 9.17) is 11.6 Å². The van der Waals surface area contributed by atoms with Crippen LogP contribution in [0.1, 0.15) is 23.3 Å². The molecule has 4 nitrogen and oxygen atoms in total. The van der Waals surface area contributed by atoms with Crippen molar-refractivity contribution in [1.29, 1.82) is 0 Å². The number of aliphatic hydroxyl groups is 1. The maximum absolute atomic E-state index is 12.4. The van der Waals surface area contributed by atoms with Crippen molar-refractivity contribution in [3.05, 3.63) is 23.0 Å². The smallest absolute Gasteiger partial charge is 0.383 e. The van der Waals surface area contributed by atoms with Crippen molar-refractivity contribution in [3.63, 3.8) is 0 Å². The van der Waals surface area contributed by atoms with Crippen molar-refractivity contribution in [2.45, 2.75) is 25.1 Å². The number of aromatic nitrogens is 1. The van der Waals surface area contributed by atoms with E-state index in [1.807, 2.05) is 0 Å². The van der Waals surface area contributed by atoms with E-state index < -0.39 is 18.2 Å². The molecule has 112 valence electrons. The zero-order chi connectivity index (χ0) is 14.9. The lowest BCUT2D eigenvalue weighted by Crippen LogP contribution is -2.45. The summed E-state index contributed by atoms with van der Waals surface area (Å²) in [5.74, 6) is -1.15. The maximum Gasteiger partial charge on any atom is 0.414 e. The largest absolute Gasteiger partial charge is 0.414 e. The summed E-state index contributed by atoms with van der Waals surface area (Å²) in [7, 11) is 0. The summed E-state index contributed by atoms with van der Waals surface area (Å²) in [5, 5.41) is 9.60. The van der Waals surface area contributed by atoms with E-state index in [0.717, 1.165) is 0 Å². The van der Waals surface area contributed by atoms with Gasteiger partial charge in [-0.1, -0.05) is 11.6 Å². The summed E-state index contributed by atoms with van der Waals surface area (Å²) in [6.45, 7) is 0.376. The summed E-state index contributed by atoms with van der Waals surface area (Å²) in [4.78, 5) is 16.2. The highest BCUT2D eigenvalue weighted by Gasteiger charge is 2.44. The first kappa shape index (κ1) is 15.2. The first-order valence-corrected chi connectivity index (χ1v) is 6.55. The van der Waals surface area contributed by atoms with Gasteiger partial charge < -0.3 is 15.0 Å². The molecule has 1 fully saturated rings. The van der Waals surface area contributed by atoms with Gasteiger partial charge in [0, 0.05) is 19.3 Å². The minimum atomic E-state index is -4.61. The SMILES string of the molecule is O=C(c1cc(Cl)c[nH]1)N1CCC(C(O)C(F)(F)F)CC1. The van der Waals surface area contributed by atoms with Crippen molar-refractivity contribution >= 4 is 17.5 Å². The van der Waals surface area contributed by atoms with Crippen LogP contribution in [0.4, 0.5) is 13.2 Å². The van der Waals surface area contributed by atoms with Gasteiger partial charge in [-0.05, 0) is 24.8 Å². The Hall–Kier alpha value is -1.21. The summed E-state index contributed by atoms with van der Waals surface area (Å²) < 4.78 is 37.2. The molecule has 1 aromatic heterocycles. The molecule has 2 rings (SSSR count). The van der Waals surface area contributed by atoms with E-state index in [9.17, 15) is 23.1 Å². The van der Waals surface area contributed by atoms with E-state index in [-0.39, 0.29) is 31.8 Å². The van der Waals surface area contributed by atoms with E-state index in [2.05, 4.69) is 4.98 Å². The van der Waals surface area contributed by atoms with Crippen LogP contribution in [0.3, 0.4) is 0 Å². The summed E-state index contributed by atoms with van der Waals surface area (Å²) in [6.07, 6.45) is -5.21. The van der Waals surface area contributed by atoms with Crippen LogP contribution in [0, 0.1) is 5.92 Å². The predicted molar refractivity (Wildman–Crippen MR) is 66.5 cm³/mol. The second-order valence-corrected chi connectivity index (χ2v) is 5.28. The van der Waals surface area contributed by atoms with Gasteiger partial charge in [0.15, 0.2) is 6.10 Å². The van der Waals surface area contributed by atoms with Gasteiger partial charge in [-0.15, -0.1) is 0 Å². The third-order valence-electron chi connectivity index (χ3n) is 3.49. The molecule has 0 spiro atoms. The van der Waals surface area contributed by atoms with Crippen LogP contribution in [-0.2, 0) is 0 Å². The lowest BCUT2D eigenvalue weighted by molar-refractivity contribution is -0.222. The maximum atomic E-state index is 12.4. The van der Waals surface area contributed by atoms with E-state index in [1.54, 1.807) is 0 Å². The number of H-pyrrole nitrogens is 1. The molecule has 1 aromatic rings. The van der Waals surface area contributed by atoms with Crippen molar-refractivity contribution in [2.75, 3.05) is 13.1 Å². The Kier molecular flexibility index (Phi) is 4.29. The van der Waals surface area contributed by atoms with E-state index >= 15 is 0 Å². The van der Waals surface area contributed by atoms with Gasteiger partial charge in [0.1, 0.15) is 5.69 Å². The zero-order valence-electron chi connectivity index (χ0n) is 10.5. The fraction of sp³-hybridized carbons (Fsp3) is 0.583. The van der Waals surface area contributed by atoms with Crippen LogP contribution < -0.4 is 0 Å². The highest BCUT2D eigenvalue weighted by Crippen LogP contribution is 2.31. The van der Waals surface area contributed by atoms with E-state index in [0.29, 0.717) is 10.7 Å². The standard InChI is InChI=1S/C12H14ClF3N2O2/c13-8-5-9(17-6-8)11(20)18-3-1-7(2-4-18)10(19)12(14,15)16/h5-7,10,17,19H,1-4H2. The molecule has 1 aliphatic rings. The lowest BCUT2D eigenvalue weighted by atomic mass is 9.91. The fourth-order valence-corrected chi connectivity index (χ4v) is 2.51. The zero-order valence-corrected chi connectivity index (χ0v) is 11.2. The molecule has 0 bridgehead atoms. The third kappa shape index (κ3) is 3.27. The number of nitrogens with one attached hydrogen (secondary N) is 1. The fourth-order valence-electron chi connectivity index (χ4n) is 2.35. The van der Waals surface area contributed by atoms with Crippen LogP contribution in [0.25, 0.3) is 0 Å². The van der Waals surface area contributed by atoms with Gasteiger partial charge in [0.25, 0.3) is 5.91 Å². The van der Waals surface area contributed by atoms with Gasteiger partial charge in [-0.25, -0.2) is 0 Å². The number of carbonyl (C=O) groups excluding carboxylic acids is 1. The number of hydrogen-bond donors (Lipinski definition) is 2. The Morgan fingerprint density at radius 3 is 2.50 bits per heavy atom. The van der Waals surface area contributed by atoms with Crippen LogP contribution >= 0.6 is 11.6 Å². The van der Waals surface area contributed by atoms with Crippen molar-refractivity contribution < 1.29 is 23.1 Å². The molecule has 8 heteroatoms. The Morgan fingerprint density at radius 2 is 2.05 bits per heavy atom. The number of piperidine rings is 1. The molecule has 2 heterocycles. The number of nitrogens with zero attached hydrogens (tertiary/aromatic N) is 1. The Bertz CT molecular complexity index is 481. The molecule has 0 saturated carbocycles. The van der Waals surface area contributed by atoms with Crippen LogP contribution in [-0.4, -0.2) is 46.3 Å². The van der Waals surface area contributed by atoms with Gasteiger partial charge >= 0.3 is 6.18 Å². The number of amides is 1. The molecule has 1 atom stereocenters. The second-order valence-electron chi connectivity index (χ2n) is 4.85. The molecule has 1 saturated heterocycles. The highest BCUT2D eigenvalue weighted by atomic mass is 35.5. The minimum Gasteiger partial charge on any atom is -0.383 e. The Balaban J connectivity index is 1.93. The molecule has 0 aromatic carbocycles. The number of hydrogen-bond acceptors (Lipinski definition) is 2. The molecule has 1 amide bonds. The first-order valence-electron chi connectivity index (χ1n) is 6.17. The molecule has 0 aliphatic carbocycles. The van der Waals surface area contributed by atoms with Gasteiger partial charge in [-0.3, -0.25) is 4.79 Å². The van der Waals surface area contributed by atoms with Crippen molar-refractivity contribution in [3.8, 4) is 0 Å². The molecule has 1 unspecified atom stereocenters. The van der Waals surface area contributed by atoms with Gasteiger partial charge in [-0.2, -0.15) is 13.2 Å². The minimum absolute atomic E-state index is 0.126. The summed E-state index contributed by atoms with van der Waals surface area (Å²) in [6, 6.07) is 1.47. The first-order chi connectivity index (χ1) is 9.29. The lowest BCUT2D eigenvalue weighted by Gasteiger charge is -2.34. The third-order valence-corrected chi connectivity index (χ3v) is 3.71. The average Bonchev–Trinajstić information content (AvgIpc) is 2.83. The number of carbonyl (C=O) groups is 1. The van der Waals surface area contributed by atoms with Gasteiger partial charge in [0.2, 0.25) is 0 Å². The summed E-state index contributed by atoms with van der Waals surface area (Å²) >= 11 is 5.70. The van der Waals surface area contributed by atoms with Crippen molar-refractivity contribution in [2.24, 2.45) is 5.92 Å². The molecule has 0 radical (unpaired) electrons. The Labute approximate surface area is 118 Å². The number of likely N-dealkylation sites (tertiary alicyclic amines) is 1. The molecular formula is C12H14ClF3N2O2. The van der Waals surface area contributed by atoms with E-state index in [1.165, 1.54) is 17.2 Å². The highest BCUT2D eigenvalue weighted by molar-refractivity contribution is 6.30. The van der Waals surface area contributed by atoms with Crippen molar-refractivity contribution in [1.82, 2.24) is 9.88 Å². The topological polar surface area (TPSA) is 56.3 Å². The molecular weight excluding hydrogens is 297 g/mol. The van der Waals surface area contributed by atoms with Crippen LogP contribution in [0.2, 0.25) is 5.02 Å². The number of aromatic amines is 1. The monoisotopic (exact) mass is 310 g/mol. The summed E-state index contributed by atoms with van der Waals surface area (Å²) in [5.41, 5.74) is 0.310. The normalized spacial score (nSPS) is 19.1. The molecule has 1 aliphatic heterocycles. The quantitative estimate of drug-likeness (QED) is 0.881. The van der Waals surface area contributed by atoms with Gasteiger partial charge in [0.05, 0.1) is 5.02 Å². The number of alkyl halides is 3. The second kappa shape index (κ2) is 5.65. The number of halogens is 4. The number of aliphatic hydroxyl groups excluding tert-OH is 1. The van der Waals surface area contributed by atoms with Crippen LogP contribution in [0.5, 0.6) is 0 Å².